The predicted octanol–water partition coefficient (Wildman–Crippen LogP) is 3.08. The molecule has 0 atom stereocenters. The van der Waals surface area contributed by atoms with E-state index >= 15 is 0 Å². The Hall–Kier alpha value is -2.22. The van der Waals surface area contributed by atoms with Crippen LogP contribution in [0.2, 0.25) is 0 Å². The van der Waals surface area contributed by atoms with Crippen LogP contribution in [-0.2, 0) is 13.0 Å². The van der Waals surface area contributed by atoms with Gasteiger partial charge in [-0.2, -0.15) is 5.26 Å². The van der Waals surface area contributed by atoms with Crippen LogP contribution in [-0.4, -0.2) is 19.8 Å². The molecule has 5 heteroatoms. The van der Waals surface area contributed by atoms with Crippen LogP contribution in [0, 0.1) is 11.3 Å². The second-order valence-electron chi connectivity index (χ2n) is 5.21. The first-order valence-corrected chi connectivity index (χ1v) is 7.43. The van der Waals surface area contributed by atoms with Crippen molar-refractivity contribution in [1.82, 2.24) is 5.32 Å². The van der Waals surface area contributed by atoms with E-state index in [9.17, 15) is 0 Å². The second kappa shape index (κ2) is 8.42. The number of ether oxygens (including phenoxy) is 2. The largest absolute Gasteiger partial charge is 0.486 e. The lowest BCUT2D eigenvalue weighted by atomic mass is 10.1. The van der Waals surface area contributed by atoms with Crippen molar-refractivity contribution in [3.8, 4) is 17.6 Å². The SMILES string of the molecule is Cl.N#Cc1ccc(CNCCc2ccc3c(c2)OCCO3)cc1. The van der Waals surface area contributed by atoms with Gasteiger partial charge < -0.3 is 14.8 Å². The fraction of sp³-hybridized carbons (Fsp3) is 0.278. The maximum atomic E-state index is 8.77. The van der Waals surface area contributed by atoms with E-state index < -0.39 is 0 Å². The van der Waals surface area contributed by atoms with Crippen LogP contribution < -0.4 is 14.8 Å². The minimum Gasteiger partial charge on any atom is -0.486 e. The van der Waals surface area contributed by atoms with Crippen molar-refractivity contribution in [3.05, 3.63) is 59.2 Å². The molecular formula is C18H19ClN2O2. The van der Waals surface area contributed by atoms with Crippen LogP contribution in [0.1, 0.15) is 16.7 Å². The summed E-state index contributed by atoms with van der Waals surface area (Å²) >= 11 is 0. The standard InChI is InChI=1S/C18H18N2O2.ClH/c19-12-15-1-3-16(4-2-15)13-20-8-7-14-5-6-17-18(11-14)22-10-9-21-17;/h1-6,11,20H,7-10,13H2;1H. The third kappa shape index (κ3) is 4.62. The van der Waals surface area contributed by atoms with E-state index in [2.05, 4.69) is 23.5 Å². The molecule has 2 aromatic rings. The first-order valence-electron chi connectivity index (χ1n) is 7.43. The highest BCUT2D eigenvalue weighted by Gasteiger charge is 2.11. The number of nitrogens with one attached hydrogen (secondary N) is 1. The molecule has 1 heterocycles. The summed E-state index contributed by atoms with van der Waals surface area (Å²) in [5.41, 5.74) is 3.11. The van der Waals surface area contributed by atoms with Crippen molar-refractivity contribution in [2.75, 3.05) is 19.8 Å². The van der Waals surface area contributed by atoms with Crippen molar-refractivity contribution in [3.63, 3.8) is 0 Å². The monoisotopic (exact) mass is 330 g/mol. The molecule has 120 valence electrons. The van der Waals surface area contributed by atoms with Gasteiger partial charge in [-0.1, -0.05) is 18.2 Å². The highest BCUT2D eigenvalue weighted by atomic mass is 35.5. The quantitative estimate of drug-likeness (QED) is 0.856. The lowest BCUT2D eigenvalue weighted by Gasteiger charge is -2.18. The van der Waals surface area contributed by atoms with Gasteiger partial charge in [0.05, 0.1) is 11.6 Å². The lowest BCUT2D eigenvalue weighted by Crippen LogP contribution is -2.17. The molecule has 0 aliphatic carbocycles. The van der Waals surface area contributed by atoms with E-state index in [1.54, 1.807) is 0 Å². The Morgan fingerprint density at radius 3 is 2.39 bits per heavy atom. The lowest BCUT2D eigenvalue weighted by molar-refractivity contribution is 0.171. The van der Waals surface area contributed by atoms with E-state index in [1.807, 2.05) is 30.3 Å². The zero-order valence-electron chi connectivity index (χ0n) is 12.7. The van der Waals surface area contributed by atoms with Crippen LogP contribution in [0.4, 0.5) is 0 Å². The molecule has 4 nitrogen and oxygen atoms in total. The fourth-order valence-corrected chi connectivity index (χ4v) is 2.41. The van der Waals surface area contributed by atoms with Crippen LogP contribution in [0.5, 0.6) is 11.5 Å². The summed E-state index contributed by atoms with van der Waals surface area (Å²) in [5.74, 6) is 1.68. The number of nitrogens with zero attached hydrogens (tertiary/aromatic N) is 1. The minimum absolute atomic E-state index is 0. The van der Waals surface area contributed by atoms with Gasteiger partial charge in [0.1, 0.15) is 13.2 Å². The number of nitriles is 1. The smallest absolute Gasteiger partial charge is 0.161 e. The molecule has 0 saturated heterocycles. The van der Waals surface area contributed by atoms with Gasteiger partial charge in [-0.15, -0.1) is 12.4 Å². The molecular weight excluding hydrogens is 312 g/mol. The van der Waals surface area contributed by atoms with Crippen LogP contribution in [0.3, 0.4) is 0 Å². The number of hydrogen-bond donors (Lipinski definition) is 1. The molecule has 0 amide bonds. The van der Waals surface area contributed by atoms with E-state index in [4.69, 9.17) is 14.7 Å². The van der Waals surface area contributed by atoms with Gasteiger partial charge in [0.15, 0.2) is 11.5 Å². The number of halogens is 1. The number of hydrogen-bond acceptors (Lipinski definition) is 4. The van der Waals surface area contributed by atoms with Crippen LogP contribution >= 0.6 is 12.4 Å². The zero-order chi connectivity index (χ0) is 15.2. The molecule has 0 fully saturated rings. The third-order valence-electron chi connectivity index (χ3n) is 3.61. The number of fused-ring (bicyclic) bond motifs is 1. The normalized spacial score (nSPS) is 12.1. The van der Waals surface area contributed by atoms with Crippen LogP contribution in [0.15, 0.2) is 42.5 Å². The molecule has 0 spiro atoms. The number of benzene rings is 2. The molecule has 3 rings (SSSR count). The van der Waals surface area contributed by atoms with Crippen molar-refractivity contribution >= 4 is 12.4 Å². The molecule has 1 N–H and O–H groups in total. The summed E-state index contributed by atoms with van der Waals surface area (Å²) in [5, 5.41) is 12.2. The summed E-state index contributed by atoms with van der Waals surface area (Å²) < 4.78 is 11.1. The Bertz CT molecular complexity index is 680. The van der Waals surface area contributed by atoms with Gasteiger partial charge >= 0.3 is 0 Å². The summed E-state index contributed by atoms with van der Waals surface area (Å²) in [6.07, 6.45) is 0.937. The van der Waals surface area contributed by atoms with Crippen molar-refractivity contribution in [1.29, 1.82) is 5.26 Å². The predicted molar refractivity (Wildman–Crippen MR) is 91.2 cm³/mol. The Morgan fingerprint density at radius 2 is 1.65 bits per heavy atom. The molecule has 0 saturated carbocycles. The first kappa shape index (κ1) is 17.1. The zero-order valence-corrected chi connectivity index (χ0v) is 13.6. The first-order chi connectivity index (χ1) is 10.8. The maximum absolute atomic E-state index is 8.77. The molecule has 2 aromatic carbocycles. The molecule has 23 heavy (non-hydrogen) atoms. The molecule has 0 aromatic heterocycles. The summed E-state index contributed by atoms with van der Waals surface area (Å²) in [6.45, 7) is 2.93. The van der Waals surface area contributed by atoms with Gasteiger partial charge in [-0.05, 0) is 48.4 Å². The Kier molecular flexibility index (Phi) is 6.28. The second-order valence-corrected chi connectivity index (χ2v) is 5.21. The van der Waals surface area contributed by atoms with Gasteiger partial charge in [-0.25, -0.2) is 0 Å². The molecule has 0 unspecified atom stereocenters. The number of rotatable bonds is 5. The average molecular weight is 331 g/mol. The van der Waals surface area contributed by atoms with E-state index in [1.165, 1.54) is 11.1 Å². The van der Waals surface area contributed by atoms with Gasteiger partial charge in [0, 0.05) is 6.54 Å². The van der Waals surface area contributed by atoms with Gasteiger partial charge in [-0.3, -0.25) is 0 Å². The summed E-state index contributed by atoms with van der Waals surface area (Å²) in [7, 11) is 0. The average Bonchev–Trinajstić information content (AvgIpc) is 2.59. The fourth-order valence-electron chi connectivity index (χ4n) is 2.41. The van der Waals surface area contributed by atoms with Crippen molar-refractivity contribution in [2.24, 2.45) is 0 Å². The van der Waals surface area contributed by atoms with Crippen LogP contribution in [0.25, 0.3) is 0 Å². The van der Waals surface area contributed by atoms with Gasteiger partial charge in [0.25, 0.3) is 0 Å². The highest BCUT2D eigenvalue weighted by molar-refractivity contribution is 5.85. The Labute approximate surface area is 142 Å². The van der Waals surface area contributed by atoms with Gasteiger partial charge in [0.2, 0.25) is 0 Å². The minimum atomic E-state index is 0. The third-order valence-corrected chi connectivity index (χ3v) is 3.61. The van der Waals surface area contributed by atoms with E-state index in [0.717, 1.165) is 31.0 Å². The highest BCUT2D eigenvalue weighted by Crippen LogP contribution is 2.30. The summed E-state index contributed by atoms with van der Waals surface area (Å²) in [6, 6.07) is 15.9. The summed E-state index contributed by atoms with van der Waals surface area (Å²) in [4.78, 5) is 0. The van der Waals surface area contributed by atoms with Crippen molar-refractivity contribution < 1.29 is 9.47 Å². The maximum Gasteiger partial charge on any atom is 0.161 e. The molecule has 0 radical (unpaired) electrons. The van der Waals surface area contributed by atoms with E-state index in [0.29, 0.717) is 18.8 Å². The van der Waals surface area contributed by atoms with E-state index in [-0.39, 0.29) is 12.4 Å². The Morgan fingerprint density at radius 1 is 0.957 bits per heavy atom. The topological polar surface area (TPSA) is 54.3 Å². The molecule has 1 aliphatic heterocycles. The Balaban J connectivity index is 0.00000192. The molecule has 1 aliphatic rings. The molecule has 0 bridgehead atoms. The van der Waals surface area contributed by atoms with Crippen molar-refractivity contribution in [2.45, 2.75) is 13.0 Å².